The number of aromatic nitrogens is 2. The number of primary sulfonamides is 1. The zero-order valence-corrected chi connectivity index (χ0v) is 17.7. The molecule has 0 unspecified atom stereocenters. The van der Waals surface area contributed by atoms with Crippen molar-refractivity contribution in [2.24, 2.45) is 10.6 Å². The highest BCUT2D eigenvalue weighted by molar-refractivity contribution is 7.89. The molecule has 1 fully saturated rings. The highest BCUT2D eigenvalue weighted by Gasteiger charge is 2.62. The average molecular weight is 434 g/mol. The summed E-state index contributed by atoms with van der Waals surface area (Å²) in [5.41, 5.74) is 1.53. The summed E-state index contributed by atoms with van der Waals surface area (Å²) < 4.78 is 33.9. The number of rotatable bonds is 5. The molecular formula is C20H20ClN3O4S. The van der Waals surface area contributed by atoms with Gasteiger partial charge in [0.1, 0.15) is 5.75 Å². The second-order valence-electron chi connectivity index (χ2n) is 7.69. The average Bonchev–Trinajstić information content (AvgIpc) is 3.01. The van der Waals surface area contributed by atoms with Crippen molar-refractivity contribution >= 4 is 21.6 Å². The number of benzene rings is 2. The molecule has 0 radical (unpaired) electrons. The van der Waals surface area contributed by atoms with Gasteiger partial charge in [0.15, 0.2) is 0 Å². The van der Waals surface area contributed by atoms with Gasteiger partial charge in [-0.05, 0) is 41.3 Å². The highest BCUT2D eigenvalue weighted by atomic mass is 35.5. The number of nitrogens with zero attached hydrogens (tertiary/aromatic N) is 2. The number of sulfonamides is 1. The lowest BCUT2D eigenvalue weighted by atomic mass is 10.0. The summed E-state index contributed by atoms with van der Waals surface area (Å²) in [5.74, 6) is 1.66. The van der Waals surface area contributed by atoms with Crippen LogP contribution in [0.1, 0.15) is 37.1 Å². The largest absolute Gasteiger partial charge is 0.496 e. The SMILES string of the molecule is COc1ccc(Cl)cc1-c1noc([C@H]2[C@H](c3ccc(S(N)(=O)=O)cc3)C2(C)C)n1. The predicted octanol–water partition coefficient (Wildman–Crippen LogP) is 3.95. The number of hydrogen-bond donors (Lipinski definition) is 1. The molecule has 1 aliphatic rings. The number of hydrogen-bond acceptors (Lipinski definition) is 6. The van der Waals surface area contributed by atoms with Crippen LogP contribution in [0.3, 0.4) is 0 Å². The van der Waals surface area contributed by atoms with E-state index in [-0.39, 0.29) is 22.1 Å². The van der Waals surface area contributed by atoms with Crippen LogP contribution in [0.4, 0.5) is 0 Å². The van der Waals surface area contributed by atoms with Crippen molar-refractivity contribution in [3.63, 3.8) is 0 Å². The van der Waals surface area contributed by atoms with E-state index in [1.165, 1.54) is 12.1 Å². The van der Waals surface area contributed by atoms with E-state index in [1.54, 1.807) is 37.4 Å². The molecule has 0 amide bonds. The van der Waals surface area contributed by atoms with Gasteiger partial charge in [-0.1, -0.05) is 42.7 Å². The molecule has 1 heterocycles. The first-order valence-electron chi connectivity index (χ1n) is 8.93. The topological polar surface area (TPSA) is 108 Å². The van der Waals surface area contributed by atoms with Gasteiger partial charge in [0.2, 0.25) is 21.7 Å². The first-order valence-corrected chi connectivity index (χ1v) is 10.9. The van der Waals surface area contributed by atoms with E-state index in [9.17, 15) is 8.42 Å². The first kappa shape index (κ1) is 19.9. The van der Waals surface area contributed by atoms with Crippen LogP contribution in [-0.4, -0.2) is 25.7 Å². The molecule has 3 aromatic rings. The second-order valence-corrected chi connectivity index (χ2v) is 9.69. The maximum atomic E-state index is 11.5. The van der Waals surface area contributed by atoms with Crippen molar-refractivity contribution in [1.29, 1.82) is 0 Å². The van der Waals surface area contributed by atoms with Gasteiger partial charge >= 0.3 is 0 Å². The van der Waals surface area contributed by atoms with E-state index in [0.29, 0.717) is 28.1 Å². The Morgan fingerprint density at radius 3 is 2.45 bits per heavy atom. The molecule has 9 heteroatoms. The number of halogens is 1. The predicted molar refractivity (Wildman–Crippen MR) is 108 cm³/mol. The van der Waals surface area contributed by atoms with E-state index >= 15 is 0 Å². The minimum absolute atomic E-state index is 0.00858. The summed E-state index contributed by atoms with van der Waals surface area (Å²) in [7, 11) is -2.15. The molecule has 0 bridgehead atoms. The monoisotopic (exact) mass is 433 g/mol. The maximum Gasteiger partial charge on any atom is 0.238 e. The standard InChI is InChI=1S/C20H20ClN3O4S/c1-20(2)16(11-4-7-13(8-5-11)29(22,25)26)17(20)19-23-18(24-28-19)14-10-12(21)6-9-15(14)27-3/h4-10,16-17H,1-3H3,(H2,22,25,26)/t16-,17+/m0/s1. The van der Waals surface area contributed by atoms with Gasteiger partial charge in [0.05, 0.1) is 23.5 Å². The lowest BCUT2D eigenvalue weighted by molar-refractivity contribution is 0.367. The Morgan fingerprint density at radius 1 is 1.14 bits per heavy atom. The van der Waals surface area contributed by atoms with Crippen molar-refractivity contribution in [2.75, 3.05) is 7.11 Å². The van der Waals surface area contributed by atoms with Gasteiger partial charge in [0, 0.05) is 10.9 Å². The lowest BCUT2D eigenvalue weighted by Crippen LogP contribution is -2.11. The molecule has 2 N–H and O–H groups in total. The molecular weight excluding hydrogens is 414 g/mol. The fourth-order valence-corrected chi connectivity index (χ4v) is 4.60. The van der Waals surface area contributed by atoms with Crippen LogP contribution in [0, 0.1) is 5.41 Å². The molecule has 1 aliphatic carbocycles. The Hall–Kier alpha value is -2.42. The molecule has 2 aromatic carbocycles. The van der Waals surface area contributed by atoms with Crippen LogP contribution in [0.15, 0.2) is 51.9 Å². The highest BCUT2D eigenvalue weighted by Crippen LogP contribution is 2.69. The zero-order chi connectivity index (χ0) is 21.0. The number of nitrogens with two attached hydrogens (primary N) is 1. The van der Waals surface area contributed by atoms with E-state index < -0.39 is 10.0 Å². The minimum atomic E-state index is -3.72. The summed E-state index contributed by atoms with van der Waals surface area (Å²) in [6.45, 7) is 4.22. The van der Waals surface area contributed by atoms with Gasteiger partial charge in [-0.3, -0.25) is 0 Å². The van der Waals surface area contributed by atoms with Crippen molar-refractivity contribution < 1.29 is 17.7 Å². The summed E-state index contributed by atoms with van der Waals surface area (Å²) >= 11 is 6.11. The molecule has 152 valence electrons. The van der Waals surface area contributed by atoms with Gasteiger partial charge in [0.25, 0.3) is 0 Å². The van der Waals surface area contributed by atoms with Gasteiger partial charge in [-0.25, -0.2) is 13.6 Å². The molecule has 1 aromatic heterocycles. The first-order chi connectivity index (χ1) is 13.6. The second kappa shape index (κ2) is 6.83. The van der Waals surface area contributed by atoms with Crippen molar-refractivity contribution in [3.05, 3.63) is 58.9 Å². The summed E-state index contributed by atoms with van der Waals surface area (Å²) in [6, 6.07) is 11.8. The maximum absolute atomic E-state index is 11.5. The molecule has 4 rings (SSSR count). The number of ether oxygens (including phenoxy) is 1. The quantitative estimate of drug-likeness (QED) is 0.652. The molecule has 1 saturated carbocycles. The van der Waals surface area contributed by atoms with Crippen LogP contribution < -0.4 is 9.88 Å². The van der Waals surface area contributed by atoms with Gasteiger partial charge < -0.3 is 9.26 Å². The molecule has 0 saturated heterocycles. The third-order valence-corrected chi connectivity index (χ3v) is 6.67. The summed E-state index contributed by atoms with van der Waals surface area (Å²) in [5, 5.41) is 9.85. The van der Waals surface area contributed by atoms with Crippen molar-refractivity contribution in [2.45, 2.75) is 30.6 Å². The van der Waals surface area contributed by atoms with E-state index in [0.717, 1.165) is 5.56 Å². The molecule has 0 aliphatic heterocycles. The lowest BCUT2D eigenvalue weighted by Gasteiger charge is -2.04. The molecule has 7 nitrogen and oxygen atoms in total. The van der Waals surface area contributed by atoms with Crippen LogP contribution >= 0.6 is 11.6 Å². The third-order valence-electron chi connectivity index (χ3n) is 5.51. The summed E-state index contributed by atoms with van der Waals surface area (Å²) in [4.78, 5) is 4.68. The fraction of sp³-hybridized carbons (Fsp3) is 0.300. The van der Waals surface area contributed by atoms with Gasteiger partial charge in [-0.2, -0.15) is 4.98 Å². The third kappa shape index (κ3) is 3.52. The molecule has 29 heavy (non-hydrogen) atoms. The van der Waals surface area contributed by atoms with E-state index in [4.69, 9.17) is 26.0 Å². The Balaban J connectivity index is 1.64. The fourth-order valence-electron chi connectivity index (χ4n) is 3.91. The van der Waals surface area contributed by atoms with Gasteiger partial charge in [-0.15, -0.1) is 0 Å². The Kier molecular flexibility index (Phi) is 4.68. The summed E-state index contributed by atoms with van der Waals surface area (Å²) in [6.07, 6.45) is 0. The smallest absolute Gasteiger partial charge is 0.238 e. The number of methoxy groups -OCH3 is 1. The Bertz CT molecular complexity index is 1170. The minimum Gasteiger partial charge on any atom is -0.496 e. The molecule has 0 spiro atoms. The van der Waals surface area contributed by atoms with Crippen LogP contribution in [0.25, 0.3) is 11.4 Å². The Morgan fingerprint density at radius 2 is 1.83 bits per heavy atom. The molecule has 2 atom stereocenters. The van der Waals surface area contributed by atoms with Crippen LogP contribution in [0.5, 0.6) is 5.75 Å². The Labute approximate surface area is 173 Å². The van der Waals surface area contributed by atoms with Crippen molar-refractivity contribution in [1.82, 2.24) is 10.1 Å². The van der Waals surface area contributed by atoms with Crippen LogP contribution in [0.2, 0.25) is 5.02 Å². The van der Waals surface area contributed by atoms with Crippen molar-refractivity contribution in [3.8, 4) is 17.1 Å². The van der Waals surface area contributed by atoms with E-state index in [2.05, 4.69) is 24.0 Å². The van der Waals surface area contributed by atoms with E-state index in [1.807, 2.05) is 0 Å². The van der Waals surface area contributed by atoms with Crippen LogP contribution in [-0.2, 0) is 10.0 Å². The normalized spacial score (nSPS) is 20.4. The zero-order valence-electron chi connectivity index (χ0n) is 16.1.